The minimum Gasteiger partial charge on any atom is -0.454 e. The summed E-state index contributed by atoms with van der Waals surface area (Å²) in [5, 5.41) is 5.60. The summed E-state index contributed by atoms with van der Waals surface area (Å²) in [6, 6.07) is 10.9. The van der Waals surface area contributed by atoms with Crippen molar-refractivity contribution in [3.63, 3.8) is 0 Å². The van der Waals surface area contributed by atoms with E-state index >= 15 is 0 Å². The van der Waals surface area contributed by atoms with E-state index in [0.717, 1.165) is 21.8 Å². The second-order valence-electron chi connectivity index (χ2n) is 7.16. The van der Waals surface area contributed by atoms with Gasteiger partial charge in [0.15, 0.2) is 21.8 Å². The van der Waals surface area contributed by atoms with Gasteiger partial charge >= 0.3 is 0 Å². The lowest BCUT2D eigenvalue weighted by Gasteiger charge is -2.22. The van der Waals surface area contributed by atoms with E-state index in [1.165, 1.54) is 23.1 Å². The molecule has 0 bridgehead atoms. The zero-order valence-corrected chi connectivity index (χ0v) is 18.7. The number of rotatable bonds is 3. The van der Waals surface area contributed by atoms with Crippen molar-refractivity contribution in [3.05, 3.63) is 47.3 Å². The van der Waals surface area contributed by atoms with Crippen LogP contribution in [0.5, 0.6) is 11.5 Å². The van der Waals surface area contributed by atoms with Gasteiger partial charge in [0.2, 0.25) is 6.79 Å². The fourth-order valence-corrected chi connectivity index (χ4v) is 6.57. The number of thiazole rings is 1. The highest BCUT2D eigenvalue weighted by Gasteiger charge is 2.33. The van der Waals surface area contributed by atoms with Crippen molar-refractivity contribution in [2.24, 2.45) is 4.40 Å². The molecule has 4 heterocycles. The lowest BCUT2D eigenvalue weighted by atomic mass is 10.1. The van der Waals surface area contributed by atoms with Gasteiger partial charge in [-0.3, -0.25) is 10.1 Å². The molecule has 0 atom stereocenters. The van der Waals surface area contributed by atoms with Crippen LogP contribution in [0.1, 0.15) is 10.4 Å². The fourth-order valence-electron chi connectivity index (χ4n) is 3.56. The zero-order chi connectivity index (χ0) is 21.9. The van der Waals surface area contributed by atoms with Crippen molar-refractivity contribution >= 4 is 55.0 Å². The molecule has 0 saturated carbocycles. The third-order valence-electron chi connectivity index (χ3n) is 5.13. The topological polar surface area (TPSA) is 110 Å². The van der Waals surface area contributed by atoms with Gasteiger partial charge in [-0.1, -0.05) is 0 Å². The van der Waals surface area contributed by atoms with Crippen LogP contribution in [-0.4, -0.2) is 43.6 Å². The lowest BCUT2D eigenvalue weighted by Crippen LogP contribution is -2.35. The van der Waals surface area contributed by atoms with E-state index in [9.17, 15) is 13.2 Å². The van der Waals surface area contributed by atoms with Gasteiger partial charge in [0.25, 0.3) is 15.9 Å². The average molecular weight is 487 g/mol. The van der Waals surface area contributed by atoms with Gasteiger partial charge < -0.3 is 14.4 Å². The van der Waals surface area contributed by atoms with Crippen molar-refractivity contribution < 1.29 is 22.7 Å². The number of amidine groups is 1. The van der Waals surface area contributed by atoms with Crippen molar-refractivity contribution in [2.45, 2.75) is 4.90 Å². The quantitative estimate of drug-likeness (QED) is 0.600. The van der Waals surface area contributed by atoms with Crippen molar-refractivity contribution in [3.8, 4) is 22.8 Å². The van der Waals surface area contributed by atoms with Crippen LogP contribution in [0.15, 0.2) is 51.1 Å². The van der Waals surface area contributed by atoms with E-state index in [1.807, 2.05) is 34.5 Å². The standard InChI is InChI=1S/C20H14N4O5S3/c25-18(12-1-3-14-17(8-12)31-20-23-32(26,27)6-5-24(14)20)22-19-21-13(9-30-19)11-2-4-15-16(7-11)29-10-28-15/h1-4,7-9H,5-6,10H2,(H,21,22,25). The summed E-state index contributed by atoms with van der Waals surface area (Å²) in [4.78, 5) is 20.0. The summed E-state index contributed by atoms with van der Waals surface area (Å²) in [6.45, 7) is 0.561. The fraction of sp³-hybridized carbons (Fsp3) is 0.150. The third kappa shape index (κ3) is 3.40. The molecule has 0 unspecified atom stereocenters. The molecule has 0 spiro atoms. The zero-order valence-electron chi connectivity index (χ0n) is 16.3. The highest BCUT2D eigenvalue weighted by atomic mass is 32.2. The predicted molar refractivity (Wildman–Crippen MR) is 122 cm³/mol. The summed E-state index contributed by atoms with van der Waals surface area (Å²) in [7, 11) is -3.42. The summed E-state index contributed by atoms with van der Waals surface area (Å²) in [5.41, 5.74) is 2.91. The Bertz CT molecular complexity index is 1420. The maximum absolute atomic E-state index is 12.8. The Balaban J connectivity index is 1.21. The Labute approximate surface area is 191 Å². The first-order valence-corrected chi connectivity index (χ1v) is 12.8. The Morgan fingerprint density at radius 3 is 2.91 bits per heavy atom. The molecule has 32 heavy (non-hydrogen) atoms. The number of ether oxygens (including phenoxy) is 2. The number of anilines is 2. The molecule has 162 valence electrons. The van der Waals surface area contributed by atoms with Gasteiger partial charge in [-0.05, 0) is 48.2 Å². The number of thioether (sulfide) groups is 1. The number of nitrogens with zero attached hydrogens (tertiary/aromatic N) is 3. The van der Waals surface area contributed by atoms with Gasteiger partial charge in [-0.2, -0.15) is 0 Å². The van der Waals surface area contributed by atoms with Crippen LogP contribution in [0.4, 0.5) is 10.8 Å². The first kappa shape index (κ1) is 19.6. The van der Waals surface area contributed by atoms with Crippen LogP contribution in [-0.2, 0) is 10.0 Å². The molecule has 0 saturated heterocycles. The van der Waals surface area contributed by atoms with Crippen LogP contribution in [0.2, 0.25) is 0 Å². The van der Waals surface area contributed by atoms with Crippen LogP contribution in [0.3, 0.4) is 0 Å². The lowest BCUT2D eigenvalue weighted by molar-refractivity contribution is 0.102. The summed E-state index contributed by atoms with van der Waals surface area (Å²) < 4.78 is 38.1. The van der Waals surface area contributed by atoms with E-state index in [-0.39, 0.29) is 18.5 Å². The second-order valence-corrected chi connectivity index (χ2v) is 10.8. The van der Waals surface area contributed by atoms with Gasteiger partial charge in [-0.15, -0.1) is 15.7 Å². The van der Waals surface area contributed by atoms with E-state index in [1.54, 1.807) is 12.1 Å². The molecule has 1 N–H and O–H groups in total. The van der Waals surface area contributed by atoms with E-state index in [0.29, 0.717) is 33.9 Å². The SMILES string of the molecule is O=C(Nc1nc(-c2ccc3c(c2)OCO3)cs1)c1ccc2c(c1)SC1=NS(=O)(=O)CCN12. The molecule has 6 rings (SSSR count). The number of hydrogen-bond donors (Lipinski definition) is 1. The van der Waals surface area contributed by atoms with Crippen molar-refractivity contribution in [1.82, 2.24) is 4.98 Å². The van der Waals surface area contributed by atoms with Gasteiger partial charge in [-0.25, -0.2) is 13.4 Å². The summed E-state index contributed by atoms with van der Waals surface area (Å²) in [5.74, 6) is 1.06. The molecule has 0 radical (unpaired) electrons. The average Bonchev–Trinajstić information content (AvgIpc) is 3.49. The maximum Gasteiger partial charge on any atom is 0.257 e. The monoisotopic (exact) mass is 486 g/mol. The number of hydrogen-bond acceptors (Lipinski definition) is 9. The molecule has 1 amide bonds. The predicted octanol–water partition coefficient (Wildman–Crippen LogP) is 3.40. The highest BCUT2D eigenvalue weighted by molar-refractivity contribution is 8.15. The normalized spacial score (nSPS) is 17.5. The third-order valence-corrected chi connectivity index (χ3v) is 8.19. The first-order chi connectivity index (χ1) is 15.4. The minimum absolute atomic E-state index is 0.0194. The van der Waals surface area contributed by atoms with E-state index in [2.05, 4.69) is 14.7 Å². The number of carbonyl (C=O) groups is 1. The number of amides is 1. The molecule has 0 fully saturated rings. The largest absolute Gasteiger partial charge is 0.454 e. The molecule has 3 aliphatic heterocycles. The molecular weight excluding hydrogens is 472 g/mol. The number of benzene rings is 2. The Kier molecular flexibility index (Phi) is 4.42. The smallest absolute Gasteiger partial charge is 0.257 e. The molecule has 3 aromatic rings. The Hall–Kier alpha value is -3.09. The summed E-state index contributed by atoms with van der Waals surface area (Å²) in [6.07, 6.45) is 0. The second kappa shape index (κ2) is 7.22. The van der Waals surface area contributed by atoms with Crippen LogP contribution in [0.25, 0.3) is 11.3 Å². The number of aromatic nitrogens is 1. The maximum atomic E-state index is 12.8. The summed E-state index contributed by atoms with van der Waals surface area (Å²) >= 11 is 2.58. The molecule has 0 aliphatic carbocycles. The molecule has 1 aromatic heterocycles. The molecular formula is C20H14N4O5S3. The van der Waals surface area contributed by atoms with Crippen LogP contribution in [0, 0.1) is 0 Å². The number of sulfonamides is 1. The minimum atomic E-state index is -3.42. The molecule has 9 nitrogen and oxygen atoms in total. The first-order valence-electron chi connectivity index (χ1n) is 9.54. The van der Waals surface area contributed by atoms with Gasteiger partial charge in [0, 0.05) is 27.9 Å². The van der Waals surface area contributed by atoms with Crippen LogP contribution < -0.4 is 19.7 Å². The molecule has 2 aromatic carbocycles. The number of carbonyl (C=O) groups excluding carboxylic acids is 1. The van der Waals surface area contributed by atoms with Gasteiger partial charge in [0.05, 0.1) is 17.1 Å². The number of nitrogens with one attached hydrogen (secondary N) is 1. The Morgan fingerprint density at radius 2 is 2.00 bits per heavy atom. The van der Waals surface area contributed by atoms with Crippen molar-refractivity contribution in [1.29, 1.82) is 0 Å². The number of fused-ring (bicyclic) bond motifs is 4. The van der Waals surface area contributed by atoms with Gasteiger partial charge in [0.1, 0.15) is 0 Å². The van der Waals surface area contributed by atoms with E-state index in [4.69, 9.17) is 9.47 Å². The van der Waals surface area contributed by atoms with Crippen LogP contribution >= 0.6 is 23.1 Å². The molecule has 12 heteroatoms. The molecule has 3 aliphatic rings. The Morgan fingerprint density at radius 1 is 1.12 bits per heavy atom. The van der Waals surface area contributed by atoms with E-state index < -0.39 is 10.0 Å². The van der Waals surface area contributed by atoms with Crippen molar-refractivity contribution in [2.75, 3.05) is 29.3 Å². The highest BCUT2D eigenvalue weighted by Crippen LogP contribution is 2.42.